The Morgan fingerprint density at radius 2 is 1.12 bits per heavy atom. The molecule has 25 heavy (non-hydrogen) atoms. The third-order valence-electron chi connectivity index (χ3n) is 5.78. The average molecular weight is 355 g/mol. The smallest absolute Gasteiger partial charge is 0.162 e. The van der Waals surface area contributed by atoms with Gasteiger partial charge in [-0.3, -0.25) is 0 Å². The van der Waals surface area contributed by atoms with Crippen molar-refractivity contribution in [3.05, 3.63) is 71.8 Å². The van der Waals surface area contributed by atoms with Gasteiger partial charge in [0, 0.05) is 0 Å². The number of hydrogen-bond acceptors (Lipinski definition) is 4. The summed E-state index contributed by atoms with van der Waals surface area (Å²) < 4.78 is 18.5. The zero-order valence-corrected chi connectivity index (χ0v) is 15.5. The van der Waals surface area contributed by atoms with E-state index >= 15 is 0 Å². The number of hydrogen-bond donors (Lipinski definition) is 0. The van der Waals surface area contributed by atoms with E-state index in [2.05, 4.69) is 83.9 Å². The molecular formula is C20H24N2O2P+. The molecule has 2 aromatic rings. The Bertz CT molecular complexity index is 691. The van der Waals surface area contributed by atoms with Crippen LogP contribution in [0.2, 0.25) is 0 Å². The molecule has 0 aliphatic carbocycles. The molecule has 3 fully saturated rings. The maximum Gasteiger partial charge on any atom is 0.438 e. The summed E-state index contributed by atoms with van der Waals surface area (Å²) in [6, 6.07) is 21.8. The molecule has 4 nitrogen and oxygen atoms in total. The Kier molecular flexibility index (Phi) is 3.74. The van der Waals surface area contributed by atoms with Crippen LogP contribution in [0.4, 0.5) is 0 Å². The SMILES string of the molecule is C[C@H]1[C@@H](c2ccccc2)O[P+]23O[C@H](c4ccccc4)[C@H](C)N2CCN13. The number of rotatable bonds is 2. The molecule has 3 saturated heterocycles. The molecule has 2 aromatic carbocycles. The molecule has 3 heterocycles. The number of benzene rings is 2. The topological polar surface area (TPSA) is 24.9 Å². The maximum absolute atomic E-state index is 6.76. The summed E-state index contributed by atoms with van der Waals surface area (Å²) in [5.74, 6) is 0. The number of nitrogens with zero attached hydrogens (tertiary/aromatic N) is 2. The van der Waals surface area contributed by atoms with Crippen molar-refractivity contribution >= 4 is 8.02 Å². The Hall–Kier alpha value is -1.29. The molecule has 4 atom stereocenters. The van der Waals surface area contributed by atoms with Crippen molar-refractivity contribution in [2.75, 3.05) is 13.1 Å². The van der Waals surface area contributed by atoms with Crippen LogP contribution in [0.5, 0.6) is 0 Å². The van der Waals surface area contributed by atoms with E-state index in [0.29, 0.717) is 12.1 Å². The summed E-state index contributed by atoms with van der Waals surface area (Å²) in [7, 11) is -2.16. The summed E-state index contributed by atoms with van der Waals surface area (Å²) in [6.45, 7) is 6.62. The standard InChI is InChI=1S/C20H24N2O2P/c1-15-19(17-9-5-3-6-10-17)23-25-21(15)13-14-22(25)16(2)20(24-25)18-11-7-4-8-12-18/h3-12,15-16,19-20H,13-14H2,1-2H3/q+1/t15-,16-,19-,20-,25?/m0/s1. The molecule has 0 bridgehead atoms. The first kappa shape index (κ1) is 15.9. The normalized spacial score (nSPS) is 34.2. The first-order valence-electron chi connectivity index (χ1n) is 9.11. The molecule has 3 aliphatic heterocycles. The van der Waals surface area contributed by atoms with Gasteiger partial charge in [-0.05, 0) is 25.0 Å². The minimum absolute atomic E-state index is 0.0825. The fourth-order valence-corrected chi connectivity index (χ4v) is 8.35. The molecule has 3 aliphatic rings. The second-order valence-electron chi connectivity index (χ2n) is 7.17. The van der Waals surface area contributed by atoms with Gasteiger partial charge in [-0.25, -0.2) is 0 Å². The van der Waals surface area contributed by atoms with Crippen molar-refractivity contribution in [1.82, 2.24) is 9.34 Å². The zero-order chi connectivity index (χ0) is 17.0. The first-order valence-corrected chi connectivity index (χ1v) is 10.6. The van der Waals surface area contributed by atoms with Gasteiger partial charge in [0.1, 0.15) is 0 Å². The third kappa shape index (κ3) is 2.26. The average Bonchev–Trinajstić information content (AvgIpc) is 3.24. The Morgan fingerprint density at radius 1 is 0.720 bits per heavy atom. The van der Waals surface area contributed by atoms with Gasteiger partial charge in [-0.15, -0.1) is 9.34 Å². The van der Waals surface area contributed by atoms with Gasteiger partial charge in [-0.2, -0.15) is 9.05 Å². The lowest BCUT2D eigenvalue weighted by molar-refractivity contribution is 0.166. The molecule has 0 N–H and O–H groups in total. The first-order chi connectivity index (χ1) is 12.2. The van der Waals surface area contributed by atoms with Crippen molar-refractivity contribution in [2.45, 2.75) is 38.1 Å². The fourth-order valence-electron chi connectivity index (χ4n) is 4.49. The van der Waals surface area contributed by atoms with Crippen molar-refractivity contribution in [1.29, 1.82) is 0 Å². The van der Waals surface area contributed by atoms with Crippen LogP contribution in [0.3, 0.4) is 0 Å². The molecule has 1 spiro atoms. The van der Waals surface area contributed by atoms with Crippen LogP contribution in [0.1, 0.15) is 37.2 Å². The van der Waals surface area contributed by atoms with E-state index in [1.54, 1.807) is 0 Å². The van der Waals surface area contributed by atoms with Crippen LogP contribution >= 0.6 is 8.02 Å². The summed E-state index contributed by atoms with van der Waals surface area (Å²) in [5.41, 5.74) is 2.50. The molecule has 0 radical (unpaired) electrons. The molecule has 0 aromatic heterocycles. The van der Waals surface area contributed by atoms with Crippen molar-refractivity contribution in [3.8, 4) is 0 Å². The van der Waals surface area contributed by atoms with Crippen LogP contribution in [-0.4, -0.2) is 34.5 Å². The molecule has 0 amide bonds. The molecule has 5 rings (SSSR count). The van der Waals surface area contributed by atoms with Crippen LogP contribution in [0, 0.1) is 0 Å². The monoisotopic (exact) mass is 355 g/mol. The van der Waals surface area contributed by atoms with Crippen LogP contribution in [-0.2, 0) is 9.05 Å². The Morgan fingerprint density at radius 3 is 1.52 bits per heavy atom. The molecule has 130 valence electrons. The molecule has 0 unspecified atom stereocenters. The van der Waals surface area contributed by atoms with Crippen molar-refractivity contribution < 1.29 is 9.05 Å². The summed E-state index contributed by atoms with van der Waals surface area (Å²) in [5, 5.41) is 0. The minimum Gasteiger partial charge on any atom is -0.162 e. The molecular weight excluding hydrogens is 331 g/mol. The van der Waals surface area contributed by atoms with E-state index in [9.17, 15) is 0 Å². The highest BCUT2D eigenvalue weighted by Gasteiger charge is 2.76. The van der Waals surface area contributed by atoms with Crippen molar-refractivity contribution in [3.63, 3.8) is 0 Å². The second-order valence-corrected chi connectivity index (χ2v) is 9.60. The zero-order valence-electron chi connectivity index (χ0n) is 14.7. The van der Waals surface area contributed by atoms with Crippen LogP contribution in [0.25, 0.3) is 0 Å². The summed E-state index contributed by atoms with van der Waals surface area (Å²) in [4.78, 5) is 0. The lowest BCUT2D eigenvalue weighted by Gasteiger charge is -2.19. The van der Waals surface area contributed by atoms with Gasteiger partial charge < -0.3 is 0 Å². The fraction of sp³-hybridized carbons (Fsp3) is 0.400. The highest BCUT2D eigenvalue weighted by atomic mass is 31.2. The highest BCUT2D eigenvalue weighted by Crippen LogP contribution is 2.82. The van der Waals surface area contributed by atoms with Gasteiger partial charge >= 0.3 is 8.02 Å². The van der Waals surface area contributed by atoms with E-state index in [1.165, 1.54) is 11.1 Å². The maximum atomic E-state index is 6.76. The van der Waals surface area contributed by atoms with E-state index in [0.717, 1.165) is 13.1 Å². The lowest BCUT2D eigenvalue weighted by atomic mass is 10.0. The van der Waals surface area contributed by atoms with E-state index in [-0.39, 0.29) is 12.2 Å². The largest absolute Gasteiger partial charge is 0.438 e. The quantitative estimate of drug-likeness (QED) is 0.735. The summed E-state index contributed by atoms with van der Waals surface area (Å²) in [6.07, 6.45) is 0.165. The van der Waals surface area contributed by atoms with E-state index < -0.39 is 8.02 Å². The Balaban J connectivity index is 1.50. The van der Waals surface area contributed by atoms with Gasteiger partial charge in [0.2, 0.25) is 0 Å². The van der Waals surface area contributed by atoms with Crippen molar-refractivity contribution in [2.24, 2.45) is 0 Å². The Labute approximate surface area is 150 Å². The van der Waals surface area contributed by atoms with Gasteiger partial charge in [0.15, 0.2) is 12.2 Å². The second kappa shape index (κ2) is 5.87. The minimum atomic E-state index is -2.16. The van der Waals surface area contributed by atoms with Crippen LogP contribution in [0.15, 0.2) is 60.7 Å². The van der Waals surface area contributed by atoms with Gasteiger partial charge in [0.05, 0.1) is 25.2 Å². The summed E-state index contributed by atoms with van der Waals surface area (Å²) >= 11 is 0. The lowest BCUT2D eigenvalue weighted by Crippen LogP contribution is -2.29. The predicted octanol–water partition coefficient (Wildman–Crippen LogP) is 4.60. The molecule has 0 saturated carbocycles. The molecule has 5 heteroatoms. The van der Waals surface area contributed by atoms with E-state index in [4.69, 9.17) is 9.05 Å². The van der Waals surface area contributed by atoms with Crippen LogP contribution < -0.4 is 0 Å². The third-order valence-corrected chi connectivity index (χ3v) is 9.21. The predicted molar refractivity (Wildman–Crippen MR) is 99.8 cm³/mol. The van der Waals surface area contributed by atoms with Gasteiger partial charge in [0.25, 0.3) is 0 Å². The van der Waals surface area contributed by atoms with Gasteiger partial charge in [-0.1, -0.05) is 60.7 Å². The van der Waals surface area contributed by atoms with E-state index in [1.807, 2.05) is 0 Å². The highest BCUT2D eigenvalue weighted by molar-refractivity contribution is 7.62.